The Bertz CT molecular complexity index is 1870. The number of hydrogen-bond donors (Lipinski definition) is 0. The molecule has 6 heterocycles. The summed E-state index contributed by atoms with van der Waals surface area (Å²) in [5.74, 6) is -0.373. The van der Waals surface area contributed by atoms with E-state index in [0.717, 1.165) is 11.1 Å². The highest BCUT2D eigenvalue weighted by molar-refractivity contribution is 6.62. The van der Waals surface area contributed by atoms with Crippen LogP contribution in [0.15, 0.2) is 79.9 Å². The van der Waals surface area contributed by atoms with Crippen LogP contribution in [0.4, 0.5) is 13.2 Å². The lowest BCUT2D eigenvalue weighted by Crippen LogP contribution is -2.41. The summed E-state index contributed by atoms with van der Waals surface area (Å²) >= 11 is 0. The molecule has 5 aromatic heterocycles. The van der Waals surface area contributed by atoms with Crippen LogP contribution in [0.25, 0.3) is 33.8 Å². The van der Waals surface area contributed by atoms with Gasteiger partial charge >= 0.3 is 7.12 Å². The van der Waals surface area contributed by atoms with Crippen molar-refractivity contribution in [2.75, 3.05) is 0 Å². The number of benzene rings is 1. The molecule has 220 valence electrons. The third-order valence-electron chi connectivity index (χ3n) is 7.67. The van der Waals surface area contributed by atoms with Gasteiger partial charge in [0.25, 0.3) is 6.43 Å². The molecule has 0 aliphatic carbocycles. The predicted molar refractivity (Wildman–Crippen MR) is 154 cm³/mol. The number of alkyl halides is 2. The molecule has 6 aromatic rings. The number of halogens is 3. The van der Waals surface area contributed by atoms with E-state index in [1.807, 2.05) is 46.0 Å². The van der Waals surface area contributed by atoms with Crippen molar-refractivity contribution in [1.29, 1.82) is 0 Å². The van der Waals surface area contributed by atoms with Gasteiger partial charge in [0.15, 0.2) is 11.3 Å². The average Bonchev–Trinajstić information content (AvgIpc) is 3.74. The molecule has 43 heavy (non-hydrogen) atoms. The fourth-order valence-electron chi connectivity index (χ4n) is 4.71. The predicted octanol–water partition coefficient (Wildman–Crippen LogP) is 4.69. The summed E-state index contributed by atoms with van der Waals surface area (Å²) in [6.45, 7) is 7.69. The Morgan fingerprint density at radius 2 is 1.40 bits per heavy atom. The Balaban J connectivity index is 0.000000162. The number of nitrogens with zero attached hydrogens (tertiary/aromatic N) is 8. The zero-order valence-corrected chi connectivity index (χ0v) is 23.9. The molecule has 1 aliphatic heterocycles. The van der Waals surface area contributed by atoms with Crippen molar-refractivity contribution in [3.05, 3.63) is 85.7 Å². The minimum Gasteiger partial charge on any atom is -0.399 e. The summed E-state index contributed by atoms with van der Waals surface area (Å²) < 4.78 is 55.8. The second-order valence-electron chi connectivity index (χ2n) is 11.1. The van der Waals surface area contributed by atoms with Crippen LogP contribution in [-0.2, 0) is 15.9 Å². The van der Waals surface area contributed by atoms with Gasteiger partial charge in [-0.1, -0.05) is 0 Å². The molecule has 0 spiro atoms. The highest BCUT2D eigenvalue weighted by Crippen LogP contribution is 2.36. The van der Waals surface area contributed by atoms with Gasteiger partial charge in [-0.3, -0.25) is 0 Å². The highest BCUT2D eigenvalue weighted by Gasteiger charge is 2.51. The molecule has 1 aromatic carbocycles. The first-order chi connectivity index (χ1) is 20.5. The molecule has 1 aliphatic rings. The van der Waals surface area contributed by atoms with Crippen molar-refractivity contribution in [3.63, 3.8) is 0 Å². The van der Waals surface area contributed by atoms with Crippen LogP contribution in [-0.4, -0.2) is 63.5 Å². The largest absolute Gasteiger partial charge is 0.495 e. The number of fused-ring (bicyclic) bond motifs is 2. The molecule has 0 radical (unpaired) electrons. The van der Waals surface area contributed by atoms with Crippen LogP contribution in [0.1, 0.15) is 27.7 Å². The third-order valence-corrected chi connectivity index (χ3v) is 7.67. The van der Waals surface area contributed by atoms with Gasteiger partial charge in [0, 0.05) is 23.5 Å². The maximum atomic E-state index is 13.2. The molecular formula is C29H28BF3N8O2. The first-order valence-electron chi connectivity index (χ1n) is 13.5. The van der Waals surface area contributed by atoms with E-state index in [-0.39, 0.29) is 24.1 Å². The first kappa shape index (κ1) is 28.6. The minimum atomic E-state index is -2.52. The van der Waals surface area contributed by atoms with Crippen molar-refractivity contribution < 1.29 is 22.5 Å². The van der Waals surface area contributed by atoms with Crippen LogP contribution in [0.2, 0.25) is 0 Å². The second kappa shape index (κ2) is 10.9. The van der Waals surface area contributed by atoms with Crippen molar-refractivity contribution >= 4 is 23.9 Å². The number of rotatable bonds is 5. The molecule has 1 saturated heterocycles. The number of aromatic nitrogens is 8. The van der Waals surface area contributed by atoms with E-state index in [0.29, 0.717) is 28.2 Å². The normalized spacial score (nSPS) is 15.8. The molecule has 7 rings (SSSR count). The van der Waals surface area contributed by atoms with E-state index in [4.69, 9.17) is 9.31 Å². The van der Waals surface area contributed by atoms with Gasteiger partial charge in [0.05, 0.1) is 35.5 Å². The van der Waals surface area contributed by atoms with Crippen molar-refractivity contribution in [3.8, 4) is 22.5 Å². The Morgan fingerprint density at radius 1 is 0.791 bits per heavy atom. The van der Waals surface area contributed by atoms with Gasteiger partial charge in [-0.15, -0.1) is 0 Å². The molecule has 0 amide bonds. The SMILES string of the molecule is CC1(C)OB(c2ccn3ncnc3c2)OC1(C)C.Fc1ccc(-c2ncn(CC(F)F)c2-c2ccn3ncnc3c2)cc1. The fraction of sp³-hybridized carbons (Fsp3) is 0.276. The minimum absolute atomic E-state index is 0.322. The Morgan fingerprint density at radius 3 is 2.02 bits per heavy atom. The van der Waals surface area contributed by atoms with Crippen LogP contribution in [0, 0.1) is 5.82 Å². The maximum Gasteiger partial charge on any atom is 0.495 e. The quantitative estimate of drug-likeness (QED) is 0.270. The van der Waals surface area contributed by atoms with E-state index in [1.165, 1.54) is 35.7 Å². The lowest BCUT2D eigenvalue weighted by Gasteiger charge is -2.32. The van der Waals surface area contributed by atoms with Crippen LogP contribution >= 0.6 is 0 Å². The lowest BCUT2D eigenvalue weighted by atomic mass is 9.80. The van der Waals surface area contributed by atoms with Crippen molar-refractivity contribution in [1.82, 2.24) is 38.7 Å². The van der Waals surface area contributed by atoms with Gasteiger partial charge in [-0.05, 0) is 81.7 Å². The van der Waals surface area contributed by atoms with Crippen LogP contribution < -0.4 is 5.46 Å². The smallest absolute Gasteiger partial charge is 0.399 e. The summed E-state index contributed by atoms with van der Waals surface area (Å²) in [4.78, 5) is 12.6. The topological polar surface area (TPSA) is 96.7 Å². The highest BCUT2D eigenvalue weighted by atomic mass is 19.3. The molecule has 0 bridgehead atoms. The Labute approximate surface area is 245 Å². The maximum absolute atomic E-state index is 13.2. The molecular weight excluding hydrogens is 560 g/mol. The summed E-state index contributed by atoms with van der Waals surface area (Å²) in [6.07, 6.45) is 5.36. The monoisotopic (exact) mass is 588 g/mol. The number of pyridine rings is 2. The third kappa shape index (κ3) is 5.63. The number of hydrogen-bond acceptors (Lipinski definition) is 7. The van der Waals surface area contributed by atoms with E-state index in [1.54, 1.807) is 39.5 Å². The standard InChI is InChI=1S/C17H12F3N5.C12H16BN3O2/c18-13-3-1-11(2-4-13)16-17(24(10-22-16)8-14(19)20)12-5-6-25-15(7-12)21-9-23-25;1-11(2)12(3,4)18-13(17-11)9-5-6-16-10(7-9)14-8-15-16/h1-7,9-10,14H,8H2;5-8H,1-4H3. The van der Waals surface area contributed by atoms with Gasteiger partial charge < -0.3 is 13.9 Å². The molecule has 0 N–H and O–H groups in total. The summed E-state index contributed by atoms with van der Waals surface area (Å²) in [6, 6.07) is 13.2. The molecule has 14 heteroatoms. The van der Waals surface area contributed by atoms with Crippen molar-refractivity contribution in [2.24, 2.45) is 0 Å². The van der Waals surface area contributed by atoms with Gasteiger partial charge in [-0.2, -0.15) is 10.2 Å². The van der Waals surface area contributed by atoms with Gasteiger partial charge in [-0.25, -0.2) is 37.2 Å². The fourth-order valence-corrected chi connectivity index (χ4v) is 4.71. The Kier molecular flexibility index (Phi) is 7.26. The van der Waals surface area contributed by atoms with Gasteiger partial charge in [0.1, 0.15) is 18.5 Å². The molecule has 0 atom stereocenters. The second-order valence-corrected chi connectivity index (χ2v) is 11.1. The summed E-state index contributed by atoms with van der Waals surface area (Å²) in [5.41, 5.74) is 4.06. The van der Waals surface area contributed by atoms with E-state index < -0.39 is 13.0 Å². The van der Waals surface area contributed by atoms with E-state index in [2.05, 4.69) is 25.1 Å². The Hall–Kier alpha value is -4.56. The van der Waals surface area contributed by atoms with Gasteiger partial charge in [0.2, 0.25) is 0 Å². The number of imidazole rings is 1. The zero-order chi connectivity index (χ0) is 30.4. The van der Waals surface area contributed by atoms with Crippen molar-refractivity contribution in [2.45, 2.75) is 51.9 Å². The average molecular weight is 588 g/mol. The van der Waals surface area contributed by atoms with E-state index >= 15 is 0 Å². The summed E-state index contributed by atoms with van der Waals surface area (Å²) in [7, 11) is -0.350. The lowest BCUT2D eigenvalue weighted by molar-refractivity contribution is 0.00578. The summed E-state index contributed by atoms with van der Waals surface area (Å²) in [5, 5.41) is 8.09. The van der Waals surface area contributed by atoms with Crippen LogP contribution in [0.5, 0.6) is 0 Å². The van der Waals surface area contributed by atoms with Crippen LogP contribution in [0.3, 0.4) is 0 Å². The molecule has 0 unspecified atom stereocenters. The molecule has 1 fully saturated rings. The van der Waals surface area contributed by atoms with E-state index in [9.17, 15) is 13.2 Å². The zero-order valence-electron chi connectivity index (χ0n) is 23.9. The molecule has 0 saturated carbocycles. The molecule has 10 nitrogen and oxygen atoms in total. The first-order valence-corrected chi connectivity index (χ1v) is 13.5.